The molecule has 2 rings (SSSR count). The highest BCUT2D eigenvalue weighted by atomic mass is 35.5. The lowest BCUT2D eigenvalue weighted by atomic mass is 9.84. The Hall–Kier alpha value is -0.280. The first-order chi connectivity index (χ1) is 9.00. The van der Waals surface area contributed by atoms with E-state index in [2.05, 4.69) is 12.2 Å². The van der Waals surface area contributed by atoms with Crippen LogP contribution in [0, 0.1) is 0 Å². The van der Waals surface area contributed by atoms with Crippen LogP contribution in [0.25, 0.3) is 0 Å². The Balaban J connectivity index is 1.93. The van der Waals surface area contributed by atoms with Gasteiger partial charge in [-0.25, -0.2) is 0 Å². The molecule has 2 N–H and O–H groups in total. The van der Waals surface area contributed by atoms with Crippen molar-refractivity contribution < 1.29 is 5.11 Å². The van der Waals surface area contributed by atoms with E-state index in [1.54, 1.807) is 0 Å². The van der Waals surface area contributed by atoms with Crippen molar-refractivity contribution in [2.75, 3.05) is 6.54 Å². The van der Waals surface area contributed by atoms with E-state index < -0.39 is 5.60 Å². The molecule has 106 valence electrons. The molecule has 0 aliphatic heterocycles. The highest BCUT2D eigenvalue weighted by Gasteiger charge is 2.29. The summed E-state index contributed by atoms with van der Waals surface area (Å²) in [6, 6.07) is 5.82. The highest BCUT2D eigenvalue weighted by Crippen LogP contribution is 2.29. The largest absolute Gasteiger partial charge is 0.389 e. The number of aliphatic hydroxyl groups is 1. The zero-order valence-electron chi connectivity index (χ0n) is 11.3. The molecule has 1 unspecified atom stereocenters. The van der Waals surface area contributed by atoms with E-state index in [1.165, 1.54) is 6.42 Å². The third-order valence-corrected chi connectivity index (χ3v) is 4.70. The minimum atomic E-state index is -0.539. The smallest absolute Gasteiger partial charge is 0.0771 e. The van der Waals surface area contributed by atoms with Crippen LogP contribution in [0.4, 0.5) is 0 Å². The molecule has 1 aromatic rings. The predicted molar refractivity (Wildman–Crippen MR) is 80.9 cm³/mol. The van der Waals surface area contributed by atoms with Gasteiger partial charge in [0.15, 0.2) is 0 Å². The standard InChI is InChI=1S/C15H21Cl2NO/c1-11(12-5-6-13(16)14(17)9-12)18-10-15(19)7-3-2-4-8-15/h5-6,9,11,18-19H,2-4,7-8,10H2,1H3. The molecule has 0 aromatic heterocycles. The van der Waals surface area contributed by atoms with Crippen LogP contribution in [0.5, 0.6) is 0 Å². The summed E-state index contributed by atoms with van der Waals surface area (Å²) in [5, 5.41) is 15.0. The van der Waals surface area contributed by atoms with Crippen LogP contribution in [0.2, 0.25) is 10.0 Å². The van der Waals surface area contributed by atoms with Gasteiger partial charge >= 0.3 is 0 Å². The first-order valence-electron chi connectivity index (χ1n) is 6.91. The Morgan fingerprint density at radius 2 is 1.89 bits per heavy atom. The summed E-state index contributed by atoms with van der Waals surface area (Å²) in [5.41, 5.74) is 0.553. The molecule has 0 radical (unpaired) electrons. The zero-order valence-corrected chi connectivity index (χ0v) is 12.8. The van der Waals surface area contributed by atoms with Crippen LogP contribution in [0.15, 0.2) is 18.2 Å². The van der Waals surface area contributed by atoms with E-state index in [0.29, 0.717) is 16.6 Å². The van der Waals surface area contributed by atoms with Crippen molar-refractivity contribution in [2.24, 2.45) is 0 Å². The Labute approximate surface area is 125 Å². The first kappa shape index (κ1) is 15.1. The molecule has 1 fully saturated rings. The van der Waals surface area contributed by atoms with Gasteiger partial charge in [-0.3, -0.25) is 0 Å². The van der Waals surface area contributed by atoms with Crippen molar-refractivity contribution in [1.82, 2.24) is 5.32 Å². The molecule has 4 heteroatoms. The second-order valence-corrected chi connectivity index (χ2v) is 6.38. The Kier molecular flexibility index (Phi) is 5.13. The molecular weight excluding hydrogens is 281 g/mol. The molecule has 1 saturated carbocycles. The summed E-state index contributed by atoms with van der Waals surface area (Å²) in [7, 11) is 0. The molecule has 19 heavy (non-hydrogen) atoms. The van der Waals surface area contributed by atoms with Crippen LogP contribution < -0.4 is 5.32 Å². The molecule has 0 heterocycles. The number of hydrogen-bond acceptors (Lipinski definition) is 2. The van der Waals surface area contributed by atoms with Gasteiger partial charge in [0.1, 0.15) is 0 Å². The summed E-state index contributed by atoms with van der Waals surface area (Å²) in [5.74, 6) is 0. The van der Waals surface area contributed by atoms with Gasteiger partial charge in [0.25, 0.3) is 0 Å². The fraction of sp³-hybridized carbons (Fsp3) is 0.600. The molecule has 0 spiro atoms. The topological polar surface area (TPSA) is 32.3 Å². The van der Waals surface area contributed by atoms with E-state index in [0.717, 1.165) is 31.2 Å². The molecule has 0 amide bonds. The third kappa shape index (κ3) is 4.09. The summed E-state index contributed by atoms with van der Waals surface area (Å²) in [6.07, 6.45) is 5.28. The fourth-order valence-corrected chi connectivity index (χ4v) is 2.94. The van der Waals surface area contributed by atoms with E-state index in [1.807, 2.05) is 18.2 Å². The van der Waals surface area contributed by atoms with Crippen molar-refractivity contribution in [3.8, 4) is 0 Å². The van der Waals surface area contributed by atoms with Crippen LogP contribution in [0.3, 0.4) is 0 Å². The lowest BCUT2D eigenvalue weighted by Gasteiger charge is -2.33. The van der Waals surface area contributed by atoms with Gasteiger partial charge in [-0.1, -0.05) is 48.5 Å². The Morgan fingerprint density at radius 1 is 1.21 bits per heavy atom. The average molecular weight is 302 g/mol. The average Bonchev–Trinajstić information content (AvgIpc) is 2.40. The second kappa shape index (κ2) is 6.45. The maximum atomic E-state index is 10.5. The van der Waals surface area contributed by atoms with Crippen LogP contribution in [-0.2, 0) is 0 Å². The molecule has 1 aliphatic rings. The predicted octanol–water partition coefficient (Wildman–Crippen LogP) is 4.34. The molecule has 0 bridgehead atoms. The molecule has 1 aliphatic carbocycles. The van der Waals surface area contributed by atoms with Gasteiger partial charge in [-0.15, -0.1) is 0 Å². The monoisotopic (exact) mass is 301 g/mol. The minimum Gasteiger partial charge on any atom is -0.389 e. The molecule has 1 atom stereocenters. The number of hydrogen-bond donors (Lipinski definition) is 2. The molecule has 1 aromatic carbocycles. The summed E-state index contributed by atoms with van der Waals surface area (Å²) < 4.78 is 0. The van der Waals surface area contributed by atoms with Gasteiger partial charge in [0, 0.05) is 12.6 Å². The second-order valence-electron chi connectivity index (χ2n) is 5.56. The number of benzene rings is 1. The van der Waals surface area contributed by atoms with E-state index >= 15 is 0 Å². The number of nitrogens with one attached hydrogen (secondary N) is 1. The van der Waals surface area contributed by atoms with Gasteiger partial charge in [0.05, 0.1) is 15.6 Å². The van der Waals surface area contributed by atoms with Crippen molar-refractivity contribution in [2.45, 2.75) is 50.7 Å². The molecule has 0 saturated heterocycles. The number of halogens is 2. The Morgan fingerprint density at radius 3 is 2.53 bits per heavy atom. The zero-order chi connectivity index (χ0) is 13.9. The van der Waals surface area contributed by atoms with Gasteiger partial charge in [0.2, 0.25) is 0 Å². The first-order valence-corrected chi connectivity index (χ1v) is 7.66. The van der Waals surface area contributed by atoms with Crippen LogP contribution in [0.1, 0.15) is 50.6 Å². The Bertz CT molecular complexity index is 430. The minimum absolute atomic E-state index is 0.153. The lowest BCUT2D eigenvalue weighted by molar-refractivity contribution is 0.00300. The van der Waals surface area contributed by atoms with Crippen molar-refractivity contribution >= 4 is 23.2 Å². The van der Waals surface area contributed by atoms with Crippen molar-refractivity contribution in [3.05, 3.63) is 33.8 Å². The summed E-state index contributed by atoms with van der Waals surface area (Å²) >= 11 is 11.9. The van der Waals surface area contributed by atoms with Gasteiger partial charge in [-0.2, -0.15) is 0 Å². The van der Waals surface area contributed by atoms with Gasteiger partial charge < -0.3 is 10.4 Å². The van der Waals surface area contributed by atoms with E-state index in [4.69, 9.17) is 23.2 Å². The van der Waals surface area contributed by atoms with Crippen LogP contribution >= 0.6 is 23.2 Å². The molecular formula is C15H21Cl2NO. The van der Waals surface area contributed by atoms with E-state index in [-0.39, 0.29) is 6.04 Å². The molecule has 2 nitrogen and oxygen atoms in total. The van der Waals surface area contributed by atoms with Gasteiger partial charge in [-0.05, 0) is 37.5 Å². The maximum Gasteiger partial charge on any atom is 0.0771 e. The SMILES string of the molecule is CC(NCC1(O)CCCCC1)c1ccc(Cl)c(Cl)c1. The maximum absolute atomic E-state index is 10.5. The quantitative estimate of drug-likeness (QED) is 0.867. The van der Waals surface area contributed by atoms with E-state index in [9.17, 15) is 5.11 Å². The van der Waals surface area contributed by atoms with Crippen LogP contribution in [-0.4, -0.2) is 17.3 Å². The lowest BCUT2D eigenvalue weighted by Crippen LogP contribution is -2.42. The van der Waals surface area contributed by atoms with Crippen molar-refractivity contribution in [3.63, 3.8) is 0 Å². The summed E-state index contributed by atoms with van der Waals surface area (Å²) in [4.78, 5) is 0. The van der Waals surface area contributed by atoms with Crippen molar-refractivity contribution in [1.29, 1.82) is 0 Å². The summed E-state index contributed by atoms with van der Waals surface area (Å²) in [6.45, 7) is 2.71. The third-order valence-electron chi connectivity index (χ3n) is 3.97. The highest BCUT2D eigenvalue weighted by molar-refractivity contribution is 6.42. The normalized spacial score (nSPS) is 20.2. The fourth-order valence-electron chi connectivity index (χ4n) is 2.63. The number of rotatable bonds is 4.